The van der Waals surface area contributed by atoms with E-state index in [0.717, 1.165) is 30.5 Å². The van der Waals surface area contributed by atoms with Crippen LogP contribution in [-0.4, -0.2) is 25.0 Å². The third-order valence-corrected chi connectivity index (χ3v) is 5.10. The van der Waals surface area contributed by atoms with Crippen LogP contribution >= 0.6 is 27.7 Å². The first-order chi connectivity index (χ1) is 8.29. The van der Waals surface area contributed by atoms with E-state index in [0.29, 0.717) is 17.0 Å². The van der Waals surface area contributed by atoms with Gasteiger partial charge in [-0.3, -0.25) is 0 Å². The van der Waals surface area contributed by atoms with Gasteiger partial charge in [0.05, 0.1) is 0 Å². The molecular formula is C13H18BrNOS. The lowest BCUT2D eigenvalue weighted by Crippen LogP contribution is -2.21. The van der Waals surface area contributed by atoms with Gasteiger partial charge in [-0.25, -0.2) is 0 Å². The summed E-state index contributed by atoms with van der Waals surface area (Å²) in [5.41, 5.74) is 7.22. The van der Waals surface area contributed by atoms with Crippen molar-refractivity contribution in [3.8, 4) is 0 Å². The summed E-state index contributed by atoms with van der Waals surface area (Å²) in [6.45, 7) is 2.49. The Morgan fingerprint density at radius 3 is 2.82 bits per heavy atom. The van der Waals surface area contributed by atoms with Gasteiger partial charge in [0.2, 0.25) is 0 Å². The fraction of sp³-hybridized carbons (Fsp3) is 0.538. The fourth-order valence-corrected chi connectivity index (χ4v) is 3.78. The van der Waals surface area contributed by atoms with Crippen molar-refractivity contribution in [3.05, 3.63) is 34.3 Å². The van der Waals surface area contributed by atoms with E-state index in [1.54, 1.807) is 0 Å². The highest BCUT2D eigenvalue weighted by atomic mass is 79.9. The first-order valence-electron chi connectivity index (χ1n) is 5.98. The van der Waals surface area contributed by atoms with Gasteiger partial charge in [0.15, 0.2) is 0 Å². The summed E-state index contributed by atoms with van der Waals surface area (Å²) in [5.74, 6) is 0. The van der Waals surface area contributed by atoms with Crippen LogP contribution in [0, 0.1) is 0 Å². The molecule has 0 bridgehead atoms. The van der Waals surface area contributed by atoms with Crippen LogP contribution in [0.2, 0.25) is 0 Å². The van der Waals surface area contributed by atoms with Crippen molar-refractivity contribution in [3.63, 3.8) is 0 Å². The van der Waals surface area contributed by atoms with E-state index in [9.17, 15) is 0 Å². The molecule has 17 heavy (non-hydrogen) atoms. The molecule has 4 heteroatoms. The lowest BCUT2D eigenvalue weighted by atomic mass is 10.1. The van der Waals surface area contributed by atoms with Gasteiger partial charge in [0, 0.05) is 34.7 Å². The Bertz CT molecular complexity index is 355. The molecule has 1 atom stereocenters. The Morgan fingerprint density at radius 1 is 1.41 bits per heavy atom. The molecule has 1 aliphatic heterocycles. The smallest absolute Gasteiger partial charge is 0.0476 e. The lowest BCUT2D eigenvalue weighted by Gasteiger charge is -2.26. The zero-order chi connectivity index (χ0) is 12.1. The van der Waals surface area contributed by atoms with Crippen molar-refractivity contribution in [1.82, 2.24) is 0 Å². The van der Waals surface area contributed by atoms with Gasteiger partial charge in [-0.05, 0) is 30.5 Å². The summed E-state index contributed by atoms with van der Waals surface area (Å²) in [6.07, 6.45) is 2.30. The number of rotatable bonds is 4. The zero-order valence-corrected chi connectivity index (χ0v) is 12.2. The van der Waals surface area contributed by atoms with Gasteiger partial charge in [-0.15, -0.1) is 11.8 Å². The molecule has 1 aliphatic rings. The highest BCUT2D eigenvalue weighted by Gasteiger charge is 2.20. The highest BCUT2D eigenvalue weighted by molar-refractivity contribution is 9.10. The van der Waals surface area contributed by atoms with Gasteiger partial charge in [-0.1, -0.05) is 28.1 Å². The van der Waals surface area contributed by atoms with Gasteiger partial charge in [0.25, 0.3) is 0 Å². The molecule has 0 aliphatic carbocycles. The van der Waals surface area contributed by atoms with Crippen LogP contribution in [0.5, 0.6) is 0 Å². The van der Waals surface area contributed by atoms with Gasteiger partial charge in [-0.2, -0.15) is 0 Å². The average Bonchev–Trinajstić information content (AvgIpc) is 2.37. The monoisotopic (exact) mass is 315 g/mol. The Kier molecular flexibility index (Phi) is 5.35. The molecule has 94 valence electrons. The number of hydrogen-bond donors (Lipinski definition) is 1. The van der Waals surface area contributed by atoms with Gasteiger partial charge >= 0.3 is 0 Å². The largest absolute Gasteiger partial charge is 0.381 e. The number of thioether (sulfide) groups is 1. The summed E-state index contributed by atoms with van der Waals surface area (Å²) >= 11 is 5.52. The zero-order valence-electron chi connectivity index (χ0n) is 9.77. The summed E-state index contributed by atoms with van der Waals surface area (Å²) < 4.78 is 6.51. The minimum atomic E-state index is 0.399. The van der Waals surface area contributed by atoms with Gasteiger partial charge < -0.3 is 10.5 Å². The van der Waals surface area contributed by atoms with Crippen LogP contribution in [-0.2, 0) is 4.74 Å². The van der Waals surface area contributed by atoms with E-state index in [2.05, 4.69) is 40.2 Å². The Morgan fingerprint density at radius 2 is 2.18 bits per heavy atom. The van der Waals surface area contributed by atoms with E-state index in [-0.39, 0.29) is 0 Å². The van der Waals surface area contributed by atoms with E-state index in [1.165, 1.54) is 5.56 Å². The van der Waals surface area contributed by atoms with Crippen LogP contribution in [0.3, 0.4) is 0 Å². The van der Waals surface area contributed by atoms with Crippen molar-refractivity contribution < 1.29 is 4.74 Å². The van der Waals surface area contributed by atoms with Crippen LogP contribution in [0.25, 0.3) is 0 Å². The summed E-state index contributed by atoms with van der Waals surface area (Å²) in [7, 11) is 0. The second-order valence-electron chi connectivity index (χ2n) is 4.23. The Balaban J connectivity index is 2.00. The molecule has 1 heterocycles. The Labute approximate surface area is 115 Å². The van der Waals surface area contributed by atoms with Gasteiger partial charge in [0.1, 0.15) is 0 Å². The predicted octanol–water partition coefficient (Wildman–Crippen LogP) is 3.36. The molecule has 0 amide bonds. The molecule has 1 unspecified atom stereocenters. The molecule has 2 nitrogen and oxygen atoms in total. The number of hydrogen-bond acceptors (Lipinski definition) is 3. The number of halogens is 1. The molecule has 0 spiro atoms. The van der Waals surface area contributed by atoms with Crippen molar-refractivity contribution in [1.29, 1.82) is 0 Å². The minimum absolute atomic E-state index is 0.399. The molecule has 1 saturated heterocycles. The van der Waals surface area contributed by atoms with Crippen LogP contribution in [0.15, 0.2) is 28.7 Å². The quantitative estimate of drug-likeness (QED) is 0.925. The SMILES string of the molecule is NCC(SC1CCOCC1)c1cccc(Br)c1. The van der Waals surface area contributed by atoms with Crippen LogP contribution < -0.4 is 5.73 Å². The molecule has 1 aromatic carbocycles. The maximum Gasteiger partial charge on any atom is 0.0476 e. The minimum Gasteiger partial charge on any atom is -0.381 e. The molecule has 1 aromatic rings. The highest BCUT2D eigenvalue weighted by Crippen LogP contribution is 2.36. The number of benzene rings is 1. The topological polar surface area (TPSA) is 35.2 Å². The molecule has 2 rings (SSSR count). The fourth-order valence-electron chi connectivity index (χ4n) is 2.02. The van der Waals surface area contributed by atoms with E-state index in [4.69, 9.17) is 10.5 Å². The van der Waals surface area contributed by atoms with Crippen LogP contribution in [0.4, 0.5) is 0 Å². The third kappa shape index (κ3) is 3.98. The molecule has 1 fully saturated rings. The van der Waals surface area contributed by atoms with E-state index < -0.39 is 0 Å². The lowest BCUT2D eigenvalue weighted by molar-refractivity contribution is 0.0999. The summed E-state index contributed by atoms with van der Waals surface area (Å²) in [4.78, 5) is 0. The van der Waals surface area contributed by atoms with Crippen molar-refractivity contribution in [2.75, 3.05) is 19.8 Å². The van der Waals surface area contributed by atoms with E-state index in [1.807, 2.05) is 11.8 Å². The second-order valence-corrected chi connectivity index (χ2v) is 6.65. The normalized spacial score (nSPS) is 19.2. The molecular weight excluding hydrogens is 298 g/mol. The second kappa shape index (κ2) is 6.78. The molecule has 0 radical (unpaired) electrons. The number of nitrogens with two attached hydrogens (primary N) is 1. The first kappa shape index (κ1) is 13.4. The average molecular weight is 316 g/mol. The Hall–Kier alpha value is -0.0300. The standard InChI is InChI=1S/C13H18BrNOS/c14-11-3-1-2-10(8-11)13(9-15)17-12-4-6-16-7-5-12/h1-3,8,12-13H,4-7,9,15H2. The van der Waals surface area contributed by atoms with E-state index >= 15 is 0 Å². The summed E-state index contributed by atoms with van der Waals surface area (Å²) in [6, 6.07) is 8.46. The molecule has 2 N–H and O–H groups in total. The first-order valence-corrected chi connectivity index (χ1v) is 7.72. The third-order valence-electron chi connectivity index (χ3n) is 2.96. The van der Waals surface area contributed by atoms with Crippen molar-refractivity contribution in [2.45, 2.75) is 23.3 Å². The summed E-state index contributed by atoms with van der Waals surface area (Å²) in [5, 5.41) is 1.09. The molecule has 0 aromatic heterocycles. The van der Waals surface area contributed by atoms with Crippen LogP contribution in [0.1, 0.15) is 23.7 Å². The maximum absolute atomic E-state index is 5.90. The predicted molar refractivity (Wildman–Crippen MR) is 77.4 cm³/mol. The van der Waals surface area contributed by atoms with Crippen molar-refractivity contribution >= 4 is 27.7 Å². The maximum atomic E-state index is 5.90. The molecule has 0 saturated carbocycles. The number of ether oxygens (including phenoxy) is 1. The van der Waals surface area contributed by atoms with Crippen molar-refractivity contribution in [2.24, 2.45) is 5.73 Å².